The molecule has 0 radical (unpaired) electrons. The SMILES string of the molecule is Cc1cccc(-c2nc3scnn3c2-c2ccc3ncncc3c2)n1. The largest absolute Gasteiger partial charge is 0.251 e. The fourth-order valence-electron chi connectivity index (χ4n) is 2.94. The number of hydrogen-bond donors (Lipinski definition) is 0. The second-order valence-electron chi connectivity index (χ2n) is 5.70. The predicted octanol–water partition coefficient (Wildman–Crippen LogP) is 3.77. The molecule has 0 fully saturated rings. The molecule has 0 atom stereocenters. The van der Waals surface area contributed by atoms with Crippen molar-refractivity contribution in [1.82, 2.24) is 29.5 Å². The van der Waals surface area contributed by atoms with Gasteiger partial charge in [-0.2, -0.15) is 5.10 Å². The van der Waals surface area contributed by atoms with Crippen LogP contribution in [-0.4, -0.2) is 29.5 Å². The summed E-state index contributed by atoms with van der Waals surface area (Å²) in [6.07, 6.45) is 3.37. The lowest BCUT2D eigenvalue weighted by atomic mass is 10.1. The highest BCUT2D eigenvalue weighted by Gasteiger charge is 2.19. The van der Waals surface area contributed by atoms with Crippen LogP contribution in [0.4, 0.5) is 0 Å². The molecule has 0 aliphatic heterocycles. The van der Waals surface area contributed by atoms with E-state index in [0.29, 0.717) is 0 Å². The lowest BCUT2D eigenvalue weighted by Crippen LogP contribution is -1.93. The van der Waals surface area contributed by atoms with Crippen molar-refractivity contribution in [2.24, 2.45) is 0 Å². The number of pyridine rings is 1. The molecule has 0 saturated heterocycles. The molecule has 0 spiro atoms. The van der Waals surface area contributed by atoms with Crippen molar-refractivity contribution in [1.29, 1.82) is 0 Å². The Morgan fingerprint density at radius 2 is 2.04 bits per heavy atom. The van der Waals surface area contributed by atoms with Crippen LogP contribution in [-0.2, 0) is 0 Å². The second-order valence-corrected chi connectivity index (χ2v) is 6.51. The van der Waals surface area contributed by atoms with Gasteiger partial charge in [0.15, 0.2) is 0 Å². The summed E-state index contributed by atoms with van der Waals surface area (Å²) in [6, 6.07) is 12.1. The van der Waals surface area contributed by atoms with Crippen LogP contribution >= 0.6 is 11.3 Å². The number of aryl methyl sites for hydroxylation is 1. The number of nitrogens with zero attached hydrogens (tertiary/aromatic N) is 6. The Labute approximate surface area is 146 Å². The summed E-state index contributed by atoms with van der Waals surface area (Å²) < 4.78 is 1.87. The van der Waals surface area contributed by atoms with Gasteiger partial charge in [-0.25, -0.2) is 19.5 Å². The van der Waals surface area contributed by atoms with Gasteiger partial charge in [0.2, 0.25) is 4.96 Å². The molecule has 6 nitrogen and oxygen atoms in total. The summed E-state index contributed by atoms with van der Waals surface area (Å²) >= 11 is 1.51. The van der Waals surface area contributed by atoms with Crippen molar-refractivity contribution in [2.45, 2.75) is 6.92 Å². The first kappa shape index (κ1) is 14.2. The highest BCUT2D eigenvalue weighted by atomic mass is 32.1. The first-order valence-electron chi connectivity index (χ1n) is 7.76. The standard InChI is InChI=1S/C18H12N6S/c1-11-3-2-4-15(22-11)16-17(24-18(23-16)25-10-21-24)12-5-6-14-13(7-12)8-19-9-20-14/h2-10H,1H3. The third-order valence-corrected chi connectivity index (χ3v) is 4.73. The summed E-state index contributed by atoms with van der Waals surface area (Å²) in [5, 5.41) is 5.44. The van der Waals surface area contributed by atoms with Crippen molar-refractivity contribution in [2.75, 3.05) is 0 Å². The number of fused-ring (bicyclic) bond motifs is 2. The van der Waals surface area contributed by atoms with E-state index >= 15 is 0 Å². The molecule has 0 N–H and O–H groups in total. The number of rotatable bonds is 2. The lowest BCUT2D eigenvalue weighted by molar-refractivity contribution is 0.981. The molecule has 25 heavy (non-hydrogen) atoms. The molecule has 4 aromatic heterocycles. The Hall–Kier alpha value is -3.19. The predicted molar refractivity (Wildman–Crippen MR) is 97.4 cm³/mol. The Morgan fingerprint density at radius 1 is 1.08 bits per heavy atom. The first-order valence-corrected chi connectivity index (χ1v) is 8.64. The molecule has 0 bridgehead atoms. The summed E-state index contributed by atoms with van der Waals surface area (Å²) in [7, 11) is 0. The highest BCUT2D eigenvalue weighted by Crippen LogP contribution is 2.33. The van der Waals surface area contributed by atoms with E-state index in [0.717, 1.165) is 44.2 Å². The van der Waals surface area contributed by atoms with E-state index in [1.807, 2.05) is 48.0 Å². The summed E-state index contributed by atoms with van der Waals surface area (Å²) in [6.45, 7) is 1.98. The molecule has 120 valence electrons. The van der Waals surface area contributed by atoms with Gasteiger partial charge in [-0.3, -0.25) is 4.98 Å². The van der Waals surface area contributed by atoms with Gasteiger partial charge in [0, 0.05) is 22.8 Å². The number of hydrogen-bond acceptors (Lipinski definition) is 6. The zero-order valence-corrected chi connectivity index (χ0v) is 14.1. The molecule has 0 unspecified atom stereocenters. The molecule has 4 heterocycles. The fourth-order valence-corrected chi connectivity index (χ4v) is 3.56. The quantitative estimate of drug-likeness (QED) is 0.487. The lowest BCUT2D eigenvalue weighted by Gasteiger charge is -2.05. The van der Waals surface area contributed by atoms with E-state index in [4.69, 9.17) is 4.98 Å². The molecule has 0 aliphatic carbocycles. The normalized spacial score (nSPS) is 11.4. The maximum absolute atomic E-state index is 4.77. The molecule has 5 aromatic rings. The Kier molecular flexibility index (Phi) is 3.07. The smallest absolute Gasteiger partial charge is 0.213 e. The Balaban J connectivity index is 1.81. The average molecular weight is 344 g/mol. The molecule has 5 rings (SSSR count). The van der Waals surface area contributed by atoms with Crippen LogP contribution in [0.2, 0.25) is 0 Å². The van der Waals surface area contributed by atoms with E-state index in [1.165, 1.54) is 11.3 Å². The van der Waals surface area contributed by atoms with Gasteiger partial charge in [-0.15, -0.1) is 0 Å². The van der Waals surface area contributed by atoms with Gasteiger partial charge in [-0.05, 0) is 31.2 Å². The Bertz CT molecular complexity index is 1220. The zero-order chi connectivity index (χ0) is 16.8. The van der Waals surface area contributed by atoms with E-state index in [1.54, 1.807) is 11.8 Å². The third-order valence-electron chi connectivity index (χ3n) is 4.05. The van der Waals surface area contributed by atoms with Crippen LogP contribution in [0.25, 0.3) is 38.5 Å². The minimum Gasteiger partial charge on any atom is -0.251 e. The monoisotopic (exact) mass is 344 g/mol. The van der Waals surface area contributed by atoms with Crippen molar-refractivity contribution >= 4 is 27.2 Å². The minimum absolute atomic E-state index is 0.833. The minimum atomic E-state index is 0.833. The van der Waals surface area contributed by atoms with Crippen molar-refractivity contribution in [3.63, 3.8) is 0 Å². The molecular weight excluding hydrogens is 332 g/mol. The van der Waals surface area contributed by atoms with Crippen molar-refractivity contribution < 1.29 is 0 Å². The van der Waals surface area contributed by atoms with Gasteiger partial charge in [0.25, 0.3) is 0 Å². The number of imidazole rings is 1. The van der Waals surface area contributed by atoms with Gasteiger partial charge in [0.1, 0.15) is 23.2 Å². The highest BCUT2D eigenvalue weighted by molar-refractivity contribution is 7.14. The van der Waals surface area contributed by atoms with Crippen LogP contribution < -0.4 is 0 Å². The van der Waals surface area contributed by atoms with Crippen LogP contribution in [0.15, 0.2) is 54.4 Å². The number of benzene rings is 1. The topological polar surface area (TPSA) is 68.9 Å². The average Bonchev–Trinajstić information content (AvgIpc) is 3.22. The zero-order valence-electron chi connectivity index (χ0n) is 13.3. The van der Waals surface area contributed by atoms with E-state index in [9.17, 15) is 0 Å². The fraction of sp³-hybridized carbons (Fsp3) is 0.0556. The van der Waals surface area contributed by atoms with Gasteiger partial charge < -0.3 is 0 Å². The molecule has 1 aromatic carbocycles. The molecular formula is C18H12N6S. The van der Waals surface area contributed by atoms with Gasteiger partial charge in [0.05, 0.1) is 11.2 Å². The molecule has 0 saturated carbocycles. The third kappa shape index (κ3) is 2.28. The van der Waals surface area contributed by atoms with Gasteiger partial charge >= 0.3 is 0 Å². The van der Waals surface area contributed by atoms with Crippen LogP contribution in [0.3, 0.4) is 0 Å². The van der Waals surface area contributed by atoms with Crippen molar-refractivity contribution in [3.05, 3.63) is 60.1 Å². The van der Waals surface area contributed by atoms with E-state index < -0.39 is 0 Å². The Morgan fingerprint density at radius 3 is 2.96 bits per heavy atom. The van der Waals surface area contributed by atoms with Crippen molar-refractivity contribution in [3.8, 4) is 22.6 Å². The van der Waals surface area contributed by atoms with Gasteiger partial charge in [-0.1, -0.05) is 23.5 Å². The molecule has 7 heteroatoms. The second kappa shape index (κ2) is 5.42. The molecule has 0 amide bonds. The maximum atomic E-state index is 4.77. The van der Waals surface area contributed by atoms with E-state index in [2.05, 4.69) is 26.1 Å². The summed E-state index contributed by atoms with van der Waals surface area (Å²) in [4.78, 5) is 18.7. The van der Waals surface area contributed by atoms with Crippen LogP contribution in [0.1, 0.15) is 5.69 Å². The first-order chi connectivity index (χ1) is 12.3. The van der Waals surface area contributed by atoms with Crippen LogP contribution in [0, 0.1) is 6.92 Å². The van der Waals surface area contributed by atoms with Crippen LogP contribution in [0.5, 0.6) is 0 Å². The number of aromatic nitrogens is 6. The molecule has 0 aliphatic rings. The maximum Gasteiger partial charge on any atom is 0.213 e. The summed E-state index contributed by atoms with van der Waals surface area (Å²) in [5.41, 5.74) is 7.28. The summed E-state index contributed by atoms with van der Waals surface area (Å²) in [5.74, 6) is 0. The van der Waals surface area contributed by atoms with E-state index in [-0.39, 0.29) is 0 Å².